The zero-order valence-corrected chi connectivity index (χ0v) is 15.3. The molecule has 4 nitrogen and oxygen atoms in total. The molecule has 5 heteroatoms. The van der Waals surface area contributed by atoms with Crippen LogP contribution in [0.25, 0.3) is 5.69 Å². The number of likely N-dealkylation sites (tertiary alicyclic amines) is 1. The van der Waals surface area contributed by atoms with Crippen molar-refractivity contribution in [3.8, 4) is 5.69 Å². The average Bonchev–Trinajstić information content (AvgIpc) is 2.86. The zero-order valence-electron chi connectivity index (χ0n) is 14.5. The lowest BCUT2D eigenvalue weighted by Gasteiger charge is -2.20. The van der Waals surface area contributed by atoms with E-state index in [1.54, 1.807) is 6.20 Å². The maximum atomic E-state index is 12.5. The molecule has 1 saturated heterocycles. The number of carbonyl (C=O) groups is 1. The van der Waals surface area contributed by atoms with Gasteiger partial charge in [-0.25, -0.2) is 4.98 Å². The molecule has 0 spiro atoms. The molecular formula is C19H25N3OS. The molecule has 1 fully saturated rings. The highest BCUT2D eigenvalue weighted by Crippen LogP contribution is 2.24. The molecule has 2 heterocycles. The van der Waals surface area contributed by atoms with Gasteiger partial charge in [0.1, 0.15) is 0 Å². The lowest BCUT2D eigenvalue weighted by molar-refractivity contribution is -0.128. The van der Waals surface area contributed by atoms with Gasteiger partial charge in [-0.05, 0) is 43.9 Å². The largest absolute Gasteiger partial charge is 0.342 e. The van der Waals surface area contributed by atoms with E-state index >= 15 is 0 Å². The minimum absolute atomic E-state index is 0.234. The Hall–Kier alpha value is -1.75. The van der Waals surface area contributed by atoms with Crippen molar-refractivity contribution >= 4 is 17.7 Å². The van der Waals surface area contributed by atoms with E-state index in [9.17, 15) is 4.79 Å². The van der Waals surface area contributed by atoms with Gasteiger partial charge in [-0.3, -0.25) is 9.36 Å². The molecule has 2 aromatic rings. The first-order valence-electron chi connectivity index (χ1n) is 8.67. The molecule has 1 amide bonds. The lowest BCUT2D eigenvalue weighted by Crippen LogP contribution is -2.33. The van der Waals surface area contributed by atoms with E-state index in [-0.39, 0.29) is 5.91 Å². The Kier molecular flexibility index (Phi) is 5.61. The number of aryl methyl sites for hydroxylation is 2. The van der Waals surface area contributed by atoms with Gasteiger partial charge in [-0.1, -0.05) is 36.7 Å². The van der Waals surface area contributed by atoms with Crippen LogP contribution < -0.4 is 0 Å². The van der Waals surface area contributed by atoms with Crippen LogP contribution in [-0.4, -0.2) is 39.2 Å². The van der Waals surface area contributed by atoms with Gasteiger partial charge in [0.2, 0.25) is 5.91 Å². The molecule has 0 radical (unpaired) electrons. The Morgan fingerprint density at radius 2 is 1.92 bits per heavy atom. The zero-order chi connectivity index (χ0) is 16.9. The van der Waals surface area contributed by atoms with Crippen molar-refractivity contribution in [3.05, 3.63) is 41.7 Å². The maximum absolute atomic E-state index is 12.5. The molecule has 0 bridgehead atoms. The molecule has 0 aliphatic carbocycles. The van der Waals surface area contributed by atoms with Crippen molar-refractivity contribution < 1.29 is 4.79 Å². The van der Waals surface area contributed by atoms with E-state index < -0.39 is 0 Å². The van der Waals surface area contributed by atoms with E-state index in [0.29, 0.717) is 5.75 Å². The number of nitrogens with zero attached hydrogens (tertiary/aromatic N) is 3. The van der Waals surface area contributed by atoms with Crippen LogP contribution in [0.4, 0.5) is 0 Å². The highest BCUT2D eigenvalue weighted by atomic mass is 32.2. The minimum atomic E-state index is 0.234. The number of thioether (sulfide) groups is 1. The Morgan fingerprint density at radius 1 is 1.17 bits per heavy atom. The lowest BCUT2D eigenvalue weighted by atomic mass is 10.1. The summed E-state index contributed by atoms with van der Waals surface area (Å²) in [5.41, 5.74) is 3.57. The molecule has 0 saturated carbocycles. The molecule has 0 N–H and O–H groups in total. The quantitative estimate of drug-likeness (QED) is 0.788. The Morgan fingerprint density at radius 3 is 2.67 bits per heavy atom. The molecule has 24 heavy (non-hydrogen) atoms. The normalized spacial score (nSPS) is 15.3. The Labute approximate surface area is 148 Å². The van der Waals surface area contributed by atoms with Crippen LogP contribution in [0.15, 0.2) is 35.7 Å². The second-order valence-corrected chi connectivity index (χ2v) is 7.40. The number of aromatic nitrogens is 2. The topological polar surface area (TPSA) is 38.1 Å². The van der Waals surface area contributed by atoms with Gasteiger partial charge in [-0.15, -0.1) is 0 Å². The molecule has 128 valence electrons. The van der Waals surface area contributed by atoms with Gasteiger partial charge in [-0.2, -0.15) is 0 Å². The van der Waals surface area contributed by atoms with Crippen LogP contribution in [0.5, 0.6) is 0 Å². The van der Waals surface area contributed by atoms with Gasteiger partial charge < -0.3 is 4.90 Å². The number of benzene rings is 1. The smallest absolute Gasteiger partial charge is 0.233 e. The number of rotatable bonds is 4. The Bertz CT molecular complexity index is 702. The predicted octanol–water partition coefficient (Wildman–Crippen LogP) is 3.98. The van der Waals surface area contributed by atoms with Gasteiger partial charge in [0, 0.05) is 25.5 Å². The summed E-state index contributed by atoms with van der Waals surface area (Å²) >= 11 is 1.53. The van der Waals surface area contributed by atoms with E-state index in [4.69, 9.17) is 0 Å². The van der Waals surface area contributed by atoms with E-state index in [1.165, 1.54) is 35.7 Å². The maximum Gasteiger partial charge on any atom is 0.233 e. The summed E-state index contributed by atoms with van der Waals surface area (Å²) in [5, 5.41) is 0.881. The third-order valence-corrected chi connectivity index (χ3v) is 5.47. The van der Waals surface area contributed by atoms with Crippen LogP contribution in [-0.2, 0) is 4.79 Å². The van der Waals surface area contributed by atoms with Crippen molar-refractivity contribution in [2.24, 2.45) is 0 Å². The van der Waals surface area contributed by atoms with Crippen LogP contribution in [0.3, 0.4) is 0 Å². The summed E-state index contributed by atoms with van der Waals surface area (Å²) in [5.74, 6) is 0.694. The fourth-order valence-electron chi connectivity index (χ4n) is 3.10. The summed E-state index contributed by atoms with van der Waals surface area (Å²) in [6, 6.07) is 6.41. The summed E-state index contributed by atoms with van der Waals surface area (Å²) in [6.45, 7) is 6.01. The average molecular weight is 343 g/mol. The number of hydrogen-bond donors (Lipinski definition) is 0. The first kappa shape index (κ1) is 17.1. The molecule has 3 rings (SSSR count). The first-order chi connectivity index (χ1) is 11.6. The van der Waals surface area contributed by atoms with Crippen LogP contribution >= 0.6 is 11.8 Å². The highest BCUT2D eigenvalue weighted by Gasteiger charge is 2.17. The van der Waals surface area contributed by atoms with Crippen molar-refractivity contribution in [1.29, 1.82) is 0 Å². The SMILES string of the molecule is Cc1ccc(C)c(-n2ccnc2SCC(=O)N2CCCCCC2)c1. The molecule has 1 aromatic carbocycles. The van der Waals surface area contributed by atoms with Gasteiger partial charge in [0.05, 0.1) is 11.4 Å². The second-order valence-electron chi connectivity index (χ2n) is 6.45. The standard InChI is InChI=1S/C19H25N3OS/c1-15-7-8-16(2)17(13-15)22-12-9-20-19(22)24-14-18(23)21-10-5-3-4-6-11-21/h7-9,12-13H,3-6,10-11,14H2,1-2H3. The van der Waals surface area contributed by atoms with Crippen molar-refractivity contribution in [2.75, 3.05) is 18.8 Å². The molecule has 1 aliphatic rings. The van der Waals surface area contributed by atoms with Crippen molar-refractivity contribution in [2.45, 2.75) is 44.7 Å². The Balaban J connectivity index is 1.69. The minimum Gasteiger partial charge on any atom is -0.342 e. The summed E-state index contributed by atoms with van der Waals surface area (Å²) in [6.07, 6.45) is 8.53. The molecule has 0 unspecified atom stereocenters. The third kappa shape index (κ3) is 4.01. The van der Waals surface area contributed by atoms with E-state index in [2.05, 4.69) is 41.6 Å². The number of amides is 1. The van der Waals surface area contributed by atoms with Crippen molar-refractivity contribution in [3.63, 3.8) is 0 Å². The monoisotopic (exact) mass is 343 g/mol. The first-order valence-corrected chi connectivity index (χ1v) is 9.65. The van der Waals surface area contributed by atoms with Crippen LogP contribution in [0.2, 0.25) is 0 Å². The number of carbonyl (C=O) groups excluding carboxylic acids is 1. The third-order valence-electron chi connectivity index (χ3n) is 4.51. The van der Waals surface area contributed by atoms with Gasteiger partial charge in [0.15, 0.2) is 5.16 Å². The molecule has 1 aliphatic heterocycles. The fraction of sp³-hybridized carbons (Fsp3) is 0.474. The summed E-state index contributed by atoms with van der Waals surface area (Å²) < 4.78 is 2.09. The predicted molar refractivity (Wildman–Crippen MR) is 98.8 cm³/mol. The fourth-order valence-corrected chi connectivity index (χ4v) is 3.97. The van der Waals surface area contributed by atoms with E-state index in [1.807, 2.05) is 11.1 Å². The van der Waals surface area contributed by atoms with Gasteiger partial charge >= 0.3 is 0 Å². The van der Waals surface area contributed by atoms with Crippen molar-refractivity contribution in [1.82, 2.24) is 14.5 Å². The van der Waals surface area contributed by atoms with Crippen LogP contribution in [0, 0.1) is 13.8 Å². The highest BCUT2D eigenvalue weighted by molar-refractivity contribution is 7.99. The number of imidazole rings is 1. The van der Waals surface area contributed by atoms with Gasteiger partial charge in [0.25, 0.3) is 0 Å². The molecule has 1 aromatic heterocycles. The molecule has 0 atom stereocenters. The summed E-state index contributed by atoms with van der Waals surface area (Å²) in [7, 11) is 0. The van der Waals surface area contributed by atoms with E-state index in [0.717, 1.165) is 36.8 Å². The summed E-state index contributed by atoms with van der Waals surface area (Å²) in [4.78, 5) is 19.0. The van der Waals surface area contributed by atoms with Crippen LogP contribution in [0.1, 0.15) is 36.8 Å². The second kappa shape index (κ2) is 7.88. The molecular weight excluding hydrogens is 318 g/mol. The number of hydrogen-bond acceptors (Lipinski definition) is 3.